The van der Waals surface area contributed by atoms with E-state index in [1.807, 2.05) is 0 Å². The molecule has 1 aromatic heterocycles. The van der Waals surface area contributed by atoms with Gasteiger partial charge in [0.15, 0.2) is 5.15 Å². The maximum Gasteiger partial charge on any atom is 0.227 e. The lowest BCUT2D eigenvalue weighted by Crippen LogP contribution is -2.25. The van der Waals surface area contributed by atoms with Gasteiger partial charge in [0, 0.05) is 24.9 Å². The predicted octanol–water partition coefficient (Wildman–Crippen LogP) is 2.51. The number of carbonyl (C=O) groups excluding carboxylic acids is 1. The average molecular weight is 272 g/mol. The van der Waals surface area contributed by atoms with Crippen LogP contribution in [0.15, 0.2) is 18.7 Å². The molecule has 2 N–H and O–H groups in total. The monoisotopic (exact) mass is 271 g/mol. The smallest absolute Gasteiger partial charge is 0.227 e. The number of rotatable bonds is 2. The number of nitrogen functional groups attached to an aromatic ring is 1. The van der Waals surface area contributed by atoms with E-state index >= 15 is 0 Å². The molecule has 1 aliphatic heterocycles. The Hall–Kier alpha value is -1.26. The first kappa shape index (κ1) is 12.2. The third-order valence-corrected chi connectivity index (χ3v) is 3.22. The van der Waals surface area contributed by atoms with Gasteiger partial charge in [-0.2, -0.15) is 0 Å². The summed E-state index contributed by atoms with van der Waals surface area (Å²) in [6.45, 7) is 4.23. The fourth-order valence-electron chi connectivity index (χ4n) is 1.83. The number of carbonyl (C=O) groups is 1. The SMILES string of the molecule is C=CC1CC(=O)N(c2cc(Cl)nc(Cl)c2N)C1. The van der Waals surface area contributed by atoms with E-state index in [1.54, 1.807) is 17.0 Å². The minimum atomic E-state index is -0.0140. The summed E-state index contributed by atoms with van der Waals surface area (Å²) < 4.78 is 0. The Morgan fingerprint density at radius 3 is 2.88 bits per heavy atom. The van der Waals surface area contributed by atoms with Crippen LogP contribution in [-0.2, 0) is 4.79 Å². The molecule has 1 saturated heterocycles. The van der Waals surface area contributed by atoms with Gasteiger partial charge in [-0.25, -0.2) is 4.98 Å². The van der Waals surface area contributed by atoms with E-state index in [-0.39, 0.29) is 27.8 Å². The molecular formula is C11H11Cl2N3O. The fraction of sp³-hybridized carbons (Fsp3) is 0.273. The zero-order valence-corrected chi connectivity index (χ0v) is 10.5. The molecule has 90 valence electrons. The van der Waals surface area contributed by atoms with E-state index in [4.69, 9.17) is 28.9 Å². The van der Waals surface area contributed by atoms with E-state index in [1.165, 1.54) is 0 Å². The molecule has 1 unspecified atom stereocenters. The third kappa shape index (κ3) is 2.23. The molecule has 1 fully saturated rings. The zero-order chi connectivity index (χ0) is 12.6. The molecule has 1 aliphatic rings. The average Bonchev–Trinajstić information content (AvgIpc) is 2.65. The van der Waals surface area contributed by atoms with Crippen molar-refractivity contribution in [1.29, 1.82) is 0 Å². The van der Waals surface area contributed by atoms with Crippen molar-refractivity contribution in [2.24, 2.45) is 5.92 Å². The number of nitrogens with zero attached hydrogens (tertiary/aromatic N) is 2. The number of hydrogen-bond donors (Lipinski definition) is 1. The molecule has 0 aromatic carbocycles. The first-order valence-corrected chi connectivity index (χ1v) is 5.83. The summed E-state index contributed by atoms with van der Waals surface area (Å²) in [5.74, 6) is 0.118. The Bertz CT molecular complexity index is 490. The van der Waals surface area contributed by atoms with Crippen molar-refractivity contribution < 1.29 is 4.79 Å². The lowest BCUT2D eigenvalue weighted by molar-refractivity contribution is -0.117. The lowest BCUT2D eigenvalue weighted by Gasteiger charge is -2.18. The van der Waals surface area contributed by atoms with Crippen molar-refractivity contribution in [3.05, 3.63) is 29.0 Å². The molecule has 1 aromatic rings. The van der Waals surface area contributed by atoms with Gasteiger partial charge in [-0.05, 0) is 0 Å². The normalized spacial score (nSPS) is 19.8. The van der Waals surface area contributed by atoms with Crippen molar-refractivity contribution in [3.8, 4) is 0 Å². The van der Waals surface area contributed by atoms with Crippen LogP contribution in [-0.4, -0.2) is 17.4 Å². The standard InChI is InChI=1S/C11H11Cl2N3O/c1-2-6-3-9(17)16(5-6)7-4-8(12)15-11(13)10(7)14/h2,4,6H,1,3,5,14H2. The molecule has 4 nitrogen and oxygen atoms in total. The van der Waals surface area contributed by atoms with Crippen LogP contribution in [0.3, 0.4) is 0 Å². The zero-order valence-electron chi connectivity index (χ0n) is 8.99. The molecule has 0 bridgehead atoms. The molecule has 1 atom stereocenters. The minimum Gasteiger partial charge on any atom is -0.395 e. The summed E-state index contributed by atoms with van der Waals surface area (Å²) in [6, 6.07) is 1.55. The van der Waals surface area contributed by atoms with Crippen molar-refractivity contribution in [3.63, 3.8) is 0 Å². The fourth-order valence-corrected chi connectivity index (χ4v) is 2.25. The first-order valence-electron chi connectivity index (χ1n) is 5.07. The van der Waals surface area contributed by atoms with E-state index in [9.17, 15) is 4.79 Å². The van der Waals surface area contributed by atoms with Gasteiger partial charge in [0.25, 0.3) is 0 Å². The molecule has 0 aliphatic carbocycles. The Morgan fingerprint density at radius 2 is 2.29 bits per heavy atom. The van der Waals surface area contributed by atoms with Crippen molar-refractivity contribution in [2.75, 3.05) is 17.2 Å². The van der Waals surface area contributed by atoms with Gasteiger partial charge in [-0.1, -0.05) is 29.3 Å². The second kappa shape index (κ2) is 4.55. The van der Waals surface area contributed by atoms with Crippen LogP contribution in [0.2, 0.25) is 10.3 Å². The highest BCUT2D eigenvalue weighted by Gasteiger charge is 2.30. The van der Waals surface area contributed by atoms with Crippen molar-refractivity contribution >= 4 is 40.5 Å². The molecule has 0 saturated carbocycles. The van der Waals surface area contributed by atoms with E-state index < -0.39 is 0 Å². The molecule has 0 spiro atoms. The molecule has 2 heterocycles. The molecule has 17 heavy (non-hydrogen) atoms. The van der Waals surface area contributed by atoms with Gasteiger partial charge >= 0.3 is 0 Å². The van der Waals surface area contributed by atoms with Crippen LogP contribution in [0.1, 0.15) is 6.42 Å². The van der Waals surface area contributed by atoms with Crippen molar-refractivity contribution in [1.82, 2.24) is 4.98 Å². The lowest BCUT2D eigenvalue weighted by atomic mass is 10.1. The minimum absolute atomic E-state index is 0.0140. The van der Waals surface area contributed by atoms with Gasteiger partial charge in [-0.3, -0.25) is 4.79 Å². The van der Waals surface area contributed by atoms with Gasteiger partial charge < -0.3 is 10.6 Å². The molecule has 1 amide bonds. The second-order valence-electron chi connectivity index (χ2n) is 3.87. The summed E-state index contributed by atoms with van der Waals surface area (Å²) in [6.07, 6.45) is 2.19. The predicted molar refractivity (Wildman–Crippen MR) is 69.3 cm³/mol. The van der Waals surface area contributed by atoms with Gasteiger partial charge in [0.1, 0.15) is 5.15 Å². The number of hydrogen-bond acceptors (Lipinski definition) is 3. The second-order valence-corrected chi connectivity index (χ2v) is 4.62. The van der Waals surface area contributed by atoms with Gasteiger partial charge in [0.05, 0.1) is 11.4 Å². The van der Waals surface area contributed by atoms with Crippen LogP contribution in [0, 0.1) is 5.92 Å². The van der Waals surface area contributed by atoms with Crippen LogP contribution < -0.4 is 10.6 Å². The number of amides is 1. The Kier molecular flexibility index (Phi) is 3.26. The number of anilines is 2. The molecule has 0 radical (unpaired) electrons. The maximum absolute atomic E-state index is 11.8. The largest absolute Gasteiger partial charge is 0.395 e. The Labute approximate surface area is 109 Å². The quantitative estimate of drug-likeness (QED) is 0.664. The summed E-state index contributed by atoms with van der Waals surface area (Å²) in [5, 5.41) is 0.330. The third-order valence-electron chi connectivity index (χ3n) is 2.74. The molecule has 6 heteroatoms. The molecule has 2 rings (SSSR count). The topological polar surface area (TPSA) is 59.2 Å². The number of halogens is 2. The number of nitrogens with two attached hydrogens (primary N) is 1. The van der Waals surface area contributed by atoms with Crippen LogP contribution in [0.25, 0.3) is 0 Å². The summed E-state index contributed by atoms with van der Waals surface area (Å²) >= 11 is 11.6. The van der Waals surface area contributed by atoms with E-state index in [2.05, 4.69) is 11.6 Å². The number of pyridine rings is 1. The summed E-state index contributed by atoms with van der Waals surface area (Å²) in [4.78, 5) is 17.2. The molecular weight excluding hydrogens is 261 g/mol. The highest BCUT2D eigenvalue weighted by molar-refractivity contribution is 6.35. The van der Waals surface area contributed by atoms with Crippen molar-refractivity contribution in [2.45, 2.75) is 6.42 Å². The van der Waals surface area contributed by atoms with Crippen LogP contribution in [0.4, 0.5) is 11.4 Å². The van der Waals surface area contributed by atoms with Crippen LogP contribution in [0.5, 0.6) is 0 Å². The Balaban J connectivity index is 2.41. The summed E-state index contributed by atoms with van der Waals surface area (Å²) in [7, 11) is 0. The first-order chi connectivity index (χ1) is 8.02. The maximum atomic E-state index is 11.8. The van der Waals surface area contributed by atoms with Crippen LogP contribution >= 0.6 is 23.2 Å². The highest BCUT2D eigenvalue weighted by Crippen LogP contribution is 2.35. The van der Waals surface area contributed by atoms with Gasteiger partial charge in [0.2, 0.25) is 5.91 Å². The number of aromatic nitrogens is 1. The Morgan fingerprint density at radius 1 is 1.59 bits per heavy atom. The summed E-state index contributed by atoms with van der Waals surface area (Å²) in [5.41, 5.74) is 6.60. The van der Waals surface area contributed by atoms with E-state index in [0.29, 0.717) is 18.7 Å². The van der Waals surface area contributed by atoms with Gasteiger partial charge in [-0.15, -0.1) is 6.58 Å². The van der Waals surface area contributed by atoms with E-state index in [0.717, 1.165) is 0 Å². The highest BCUT2D eigenvalue weighted by atomic mass is 35.5.